The first kappa shape index (κ1) is 12.4. The van der Waals surface area contributed by atoms with Crippen LogP contribution in [0.25, 0.3) is 0 Å². The summed E-state index contributed by atoms with van der Waals surface area (Å²) >= 11 is 0. The molecule has 0 heterocycles. The van der Waals surface area contributed by atoms with Crippen molar-refractivity contribution in [3.63, 3.8) is 0 Å². The summed E-state index contributed by atoms with van der Waals surface area (Å²) in [4.78, 5) is 10.6. The van der Waals surface area contributed by atoms with Crippen molar-refractivity contribution in [3.05, 3.63) is 48.6 Å². The van der Waals surface area contributed by atoms with Gasteiger partial charge in [0.1, 0.15) is 6.61 Å². The minimum absolute atomic E-state index is 0. The average molecular weight is 186 g/mol. The van der Waals surface area contributed by atoms with Crippen LogP contribution in [0.2, 0.25) is 0 Å². The van der Waals surface area contributed by atoms with Gasteiger partial charge in [-0.2, -0.15) is 0 Å². The van der Waals surface area contributed by atoms with Crippen molar-refractivity contribution in [2.75, 3.05) is 0 Å². The van der Waals surface area contributed by atoms with E-state index in [2.05, 4.69) is 6.58 Å². The van der Waals surface area contributed by atoms with Crippen molar-refractivity contribution >= 4 is 5.97 Å². The minimum Gasteiger partial charge on any atom is -1.00 e. The second-order valence-corrected chi connectivity index (χ2v) is 2.30. The van der Waals surface area contributed by atoms with Gasteiger partial charge in [0.05, 0.1) is 0 Å². The Labute approximate surface area is 101 Å². The summed E-state index contributed by atoms with van der Waals surface area (Å²) < 4.78 is 4.82. The average Bonchev–Trinajstić information content (AvgIpc) is 2.16. The number of carbonyl (C=O) groups is 1. The van der Waals surface area contributed by atoms with Crippen LogP contribution < -0.4 is 29.6 Å². The summed E-state index contributed by atoms with van der Waals surface area (Å²) in [6, 6.07) is 9.51. The molecule has 0 aliphatic rings. The predicted octanol–water partition coefficient (Wildman–Crippen LogP) is -0.968. The molecule has 0 aliphatic heterocycles. The van der Waals surface area contributed by atoms with Crippen LogP contribution in [0, 0.1) is 0 Å². The monoisotopic (exact) mass is 186 g/mol. The standard InChI is InChI=1S/C10H10O2.Na.H/c1-2-10(11)12-8-9-6-4-3-5-7-9;;/h2-7H,1,8H2;;/q;+1;-1. The normalized spacial score (nSPS) is 8.31. The smallest absolute Gasteiger partial charge is 1.00 e. The van der Waals surface area contributed by atoms with Crippen LogP contribution in [0.5, 0.6) is 0 Å². The molecule has 0 unspecified atom stereocenters. The van der Waals surface area contributed by atoms with Crippen molar-refractivity contribution in [2.24, 2.45) is 0 Å². The summed E-state index contributed by atoms with van der Waals surface area (Å²) in [5, 5.41) is 0. The molecular formula is C10H11NaO2. The van der Waals surface area contributed by atoms with Crippen LogP contribution in [0.4, 0.5) is 0 Å². The second kappa shape index (κ2) is 6.89. The third-order valence-electron chi connectivity index (χ3n) is 1.39. The zero-order valence-corrected chi connectivity index (χ0v) is 9.69. The van der Waals surface area contributed by atoms with Crippen LogP contribution >= 0.6 is 0 Å². The molecule has 0 atom stereocenters. The van der Waals surface area contributed by atoms with E-state index in [0.29, 0.717) is 6.61 Å². The fraction of sp³-hybridized carbons (Fsp3) is 0.100. The van der Waals surface area contributed by atoms with Crippen LogP contribution in [0.1, 0.15) is 6.99 Å². The molecule has 1 aromatic carbocycles. The zero-order chi connectivity index (χ0) is 8.81. The van der Waals surface area contributed by atoms with Crippen molar-refractivity contribution in [1.82, 2.24) is 0 Å². The molecule has 0 bridgehead atoms. The maximum atomic E-state index is 10.6. The number of carbonyl (C=O) groups excluding carboxylic acids is 1. The Balaban J connectivity index is 0. The summed E-state index contributed by atoms with van der Waals surface area (Å²) in [5.74, 6) is -0.390. The molecule has 1 rings (SSSR count). The molecule has 13 heavy (non-hydrogen) atoms. The van der Waals surface area contributed by atoms with E-state index in [1.807, 2.05) is 30.3 Å². The van der Waals surface area contributed by atoms with E-state index in [1.165, 1.54) is 0 Å². The second-order valence-electron chi connectivity index (χ2n) is 2.30. The third-order valence-corrected chi connectivity index (χ3v) is 1.39. The number of esters is 1. The van der Waals surface area contributed by atoms with Crippen molar-refractivity contribution in [1.29, 1.82) is 0 Å². The van der Waals surface area contributed by atoms with Crippen molar-refractivity contribution < 1.29 is 40.5 Å². The largest absolute Gasteiger partial charge is 1.00 e. The van der Waals surface area contributed by atoms with Gasteiger partial charge in [0, 0.05) is 6.08 Å². The zero-order valence-electron chi connectivity index (χ0n) is 8.69. The van der Waals surface area contributed by atoms with Gasteiger partial charge in [-0.25, -0.2) is 4.79 Å². The summed E-state index contributed by atoms with van der Waals surface area (Å²) in [7, 11) is 0. The van der Waals surface area contributed by atoms with Gasteiger partial charge in [-0.15, -0.1) is 0 Å². The molecule has 1 aromatic rings. The van der Waals surface area contributed by atoms with Gasteiger partial charge < -0.3 is 6.16 Å². The summed E-state index contributed by atoms with van der Waals surface area (Å²) in [6.45, 7) is 3.61. The Hall–Kier alpha value is -0.570. The van der Waals surface area contributed by atoms with E-state index >= 15 is 0 Å². The molecule has 0 aliphatic carbocycles. The molecule has 64 valence electrons. The summed E-state index contributed by atoms with van der Waals surface area (Å²) in [6.07, 6.45) is 1.16. The van der Waals surface area contributed by atoms with Crippen LogP contribution in [0.15, 0.2) is 43.0 Å². The van der Waals surface area contributed by atoms with E-state index in [0.717, 1.165) is 11.6 Å². The van der Waals surface area contributed by atoms with Gasteiger partial charge in [0.2, 0.25) is 0 Å². The first-order valence-corrected chi connectivity index (χ1v) is 3.66. The van der Waals surface area contributed by atoms with E-state index < -0.39 is 0 Å². The maximum absolute atomic E-state index is 10.6. The maximum Gasteiger partial charge on any atom is 1.00 e. The number of benzene rings is 1. The molecule has 0 radical (unpaired) electrons. The minimum atomic E-state index is -0.390. The Morgan fingerprint density at radius 2 is 2.08 bits per heavy atom. The topological polar surface area (TPSA) is 26.3 Å². The first-order valence-electron chi connectivity index (χ1n) is 3.66. The molecule has 2 nitrogen and oxygen atoms in total. The molecule has 0 saturated carbocycles. The SMILES string of the molecule is C=CC(=O)OCc1ccccc1.[H-].[Na+]. The van der Waals surface area contributed by atoms with Gasteiger partial charge in [-0.1, -0.05) is 36.9 Å². The van der Waals surface area contributed by atoms with Crippen molar-refractivity contribution in [2.45, 2.75) is 6.61 Å². The molecule has 0 N–H and O–H groups in total. The molecule has 3 heteroatoms. The van der Waals surface area contributed by atoms with E-state index in [9.17, 15) is 4.79 Å². The molecule has 0 aromatic heterocycles. The fourth-order valence-corrected chi connectivity index (χ4v) is 0.788. The van der Waals surface area contributed by atoms with E-state index in [1.54, 1.807) is 0 Å². The Morgan fingerprint density at radius 1 is 1.46 bits per heavy atom. The van der Waals surface area contributed by atoms with Crippen LogP contribution in [0.3, 0.4) is 0 Å². The number of hydrogen-bond donors (Lipinski definition) is 0. The van der Waals surface area contributed by atoms with Gasteiger partial charge in [0.15, 0.2) is 0 Å². The molecule has 0 fully saturated rings. The fourth-order valence-electron chi connectivity index (χ4n) is 0.788. The van der Waals surface area contributed by atoms with Crippen LogP contribution in [-0.4, -0.2) is 5.97 Å². The molecule has 0 amide bonds. The van der Waals surface area contributed by atoms with Crippen molar-refractivity contribution in [3.8, 4) is 0 Å². The molecule has 0 saturated heterocycles. The third kappa shape index (κ3) is 4.88. The molecular weight excluding hydrogens is 175 g/mol. The number of ether oxygens (including phenoxy) is 1. The van der Waals surface area contributed by atoms with Crippen LogP contribution in [-0.2, 0) is 16.1 Å². The summed E-state index contributed by atoms with van der Waals surface area (Å²) in [5.41, 5.74) is 0.979. The van der Waals surface area contributed by atoms with E-state index in [-0.39, 0.29) is 37.0 Å². The Morgan fingerprint density at radius 3 is 2.62 bits per heavy atom. The van der Waals surface area contributed by atoms with Gasteiger partial charge in [-0.05, 0) is 5.56 Å². The Bertz CT molecular complexity index is 275. The predicted molar refractivity (Wildman–Crippen MR) is 47.5 cm³/mol. The Kier molecular flexibility index (Phi) is 6.59. The van der Waals surface area contributed by atoms with E-state index in [4.69, 9.17) is 4.74 Å². The van der Waals surface area contributed by atoms with Gasteiger partial charge in [-0.3, -0.25) is 0 Å². The van der Waals surface area contributed by atoms with Gasteiger partial charge in [0.25, 0.3) is 0 Å². The number of hydrogen-bond acceptors (Lipinski definition) is 2. The number of rotatable bonds is 3. The first-order chi connectivity index (χ1) is 5.83. The molecule has 0 spiro atoms. The quantitative estimate of drug-likeness (QED) is 0.345. The van der Waals surface area contributed by atoms with Gasteiger partial charge >= 0.3 is 35.5 Å².